The molecule has 0 saturated heterocycles. The summed E-state index contributed by atoms with van der Waals surface area (Å²) in [5.74, 6) is 0. The van der Waals surface area contributed by atoms with Crippen LogP contribution in [0, 0.1) is 16.0 Å². The molecule has 0 saturated carbocycles. The van der Waals surface area contributed by atoms with Gasteiger partial charge in [-0.2, -0.15) is 5.26 Å². The number of nitrogens with one attached hydrogen (secondary N) is 1. The number of nitriles is 1. The van der Waals surface area contributed by atoms with E-state index in [0.29, 0.717) is 15.2 Å². The molecule has 2 rings (SSSR count). The summed E-state index contributed by atoms with van der Waals surface area (Å²) < 4.78 is 0.430. The van der Waals surface area contributed by atoms with Crippen LogP contribution in [0.5, 0.6) is 0 Å². The van der Waals surface area contributed by atoms with Crippen LogP contribution in [0.1, 0.15) is 5.56 Å². The fourth-order valence-corrected chi connectivity index (χ4v) is 1.95. The molecular weight excluding hydrogens is 240 g/mol. The number of hydrogen-bond acceptors (Lipinski definition) is 2. The van der Waals surface area contributed by atoms with Crippen molar-refractivity contribution in [1.29, 1.82) is 5.26 Å². The van der Waals surface area contributed by atoms with Crippen molar-refractivity contribution in [2.45, 2.75) is 0 Å². The van der Waals surface area contributed by atoms with Crippen molar-refractivity contribution in [1.82, 2.24) is 4.98 Å². The Kier molecular flexibility index (Phi) is 3.04. The van der Waals surface area contributed by atoms with Gasteiger partial charge in [0.2, 0.25) is 0 Å². The highest BCUT2D eigenvalue weighted by Crippen LogP contribution is 2.29. The Bertz CT molecular complexity index is 625. The zero-order valence-corrected chi connectivity index (χ0v) is 9.77. The highest BCUT2D eigenvalue weighted by Gasteiger charge is 2.08. The van der Waals surface area contributed by atoms with Gasteiger partial charge in [-0.3, -0.25) is 0 Å². The Morgan fingerprint density at radius 1 is 1.19 bits per heavy atom. The number of aromatic amines is 1. The van der Waals surface area contributed by atoms with Gasteiger partial charge < -0.3 is 4.98 Å². The van der Waals surface area contributed by atoms with E-state index in [0.717, 1.165) is 11.1 Å². The van der Waals surface area contributed by atoms with Gasteiger partial charge in [0.05, 0.1) is 5.56 Å². The zero-order chi connectivity index (χ0) is 11.5. The summed E-state index contributed by atoms with van der Waals surface area (Å²) in [6.45, 7) is 0. The van der Waals surface area contributed by atoms with E-state index in [2.05, 4.69) is 11.1 Å². The van der Waals surface area contributed by atoms with E-state index in [-0.39, 0.29) is 0 Å². The summed E-state index contributed by atoms with van der Waals surface area (Å²) in [5, 5.41) is 9.68. The van der Waals surface area contributed by atoms with E-state index in [1.54, 1.807) is 18.3 Å². The number of aromatic nitrogens is 1. The maximum Gasteiger partial charge on any atom is 0.121 e. The predicted octanol–water partition coefficient (Wildman–Crippen LogP) is 3.94. The molecule has 0 spiro atoms. The molecule has 0 unspecified atom stereocenters. The zero-order valence-electron chi connectivity index (χ0n) is 8.20. The molecule has 0 aliphatic heterocycles. The van der Waals surface area contributed by atoms with E-state index < -0.39 is 0 Å². The van der Waals surface area contributed by atoms with Crippen LogP contribution >= 0.6 is 23.8 Å². The Balaban J connectivity index is 2.76. The molecule has 2 nitrogen and oxygen atoms in total. The first-order valence-electron chi connectivity index (χ1n) is 4.60. The number of hydrogen-bond donors (Lipinski definition) is 1. The summed E-state index contributed by atoms with van der Waals surface area (Å²) in [5.41, 5.74) is 2.03. The highest BCUT2D eigenvalue weighted by atomic mass is 35.5. The van der Waals surface area contributed by atoms with Gasteiger partial charge >= 0.3 is 0 Å². The van der Waals surface area contributed by atoms with E-state index in [9.17, 15) is 0 Å². The maximum atomic E-state index is 9.07. The Hall–Kier alpha value is -1.63. The molecule has 0 aliphatic carbocycles. The number of rotatable bonds is 1. The predicted molar refractivity (Wildman–Crippen MR) is 66.8 cm³/mol. The molecule has 1 heterocycles. The molecule has 0 bridgehead atoms. The van der Waals surface area contributed by atoms with Crippen molar-refractivity contribution in [3.05, 3.63) is 51.8 Å². The Morgan fingerprint density at radius 3 is 2.62 bits per heavy atom. The summed E-state index contributed by atoms with van der Waals surface area (Å²) in [4.78, 5) is 2.83. The van der Waals surface area contributed by atoms with Crippen LogP contribution in [-0.4, -0.2) is 4.98 Å². The quantitative estimate of drug-likeness (QED) is 0.775. The van der Waals surface area contributed by atoms with E-state index in [1.807, 2.05) is 18.2 Å². The van der Waals surface area contributed by atoms with Gasteiger partial charge in [0.15, 0.2) is 0 Å². The number of nitrogens with zero attached hydrogens (tertiary/aromatic N) is 1. The smallest absolute Gasteiger partial charge is 0.121 e. The van der Waals surface area contributed by atoms with Crippen LogP contribution in [0.15, 0.2) is 36.5 Å². The average Bonchev–Trinajstić information content (AvgIpc) is 2.29. The SMILES string of the molecule is N#Cc1c(-c2ccccc2Cl)cc[nH]c1=S. The maximum absolute atomic E-state index is 9.07. The first-order valence-corrected chi connectivity index (χ1v) is 5.39. The lowest BCUT2D eigenvalue weighted by atomic mass is 10.0. The number of H-pyrrole nitrogens is 1. The third-order valence-electron chi connectivity index (χ3n) is 2.24. The molecule has 0 aliphatic rings. The van der Waals surface area contributed by atoms with Crippen LogP contribution in [0.25, 0.3) is 11.1 Å². The molecule has 2 aromatic rings. The number of pyridine rings is 1. The van der Waals surface area contributed by atoms with Gasteiger partial charge in [-0.25, -0.2) is 0 Å². The van der Waals surface area contributed by atoms with Gasteiger partial charge in [0.25, 0.3) is 0 Å². The van der Waals surface area contributed by atoms with E-state index in [4.69, 9.17) is 29.1 Å². The molecule has 78 valence electrons. The van der Waals surface area contributed by atoms with Crippen LogP contribution in [0.2, 0.25) is 5.02 Å². The summed E-state index contributed by atoms with van der Waals surface area (Å²) in [6, 6.07) is 11.3. The summed E-state index contributed by atoms with van der Waals surface area (Å²) in [6.07, 6.45) is 1.71. The minimum Gasteiger partial charge on any atom is -0.352 e. The fourth-order valence-electron chi connectivity index (χ4n) is 1.49. The molecule has 4 heteroatoms. The van der Waals surface area contributed by atoms with E-state index in [1.165, 1.54) is 0 Å². The molecule has 0 radical (unpaired) electrons. The van der Waals surface area contributed by atoms with Gasteiger partial charge in [0.1, 0.15) is 10.7 Å². The number of halogens is 1. The minimum absolute atomic E-state index is 0.430. The van der Waals surface area contributed by atoms with Crippen molar-refractivity contribution in [3.8, 4) is 17.2 Å². The standard InChI is InChI=1S/C12H7ClN2S/c13-11-4-2-1-3-9(11)8-5-6-15-12(16)10(8)7-14/h1-6H,(H,15,16). The highest BCUT2D eigenvalue weighted by molar-refractivity contribution is 7.71. The average molecular weight is 247 g/mol. The van der Waals surface area contributed by atoms with E-state index >= 15 is 0 Å². The van der Waals surface area contributed by atoms with Crippen molar-refractivity contribution >= 4 is 23.8 Å². The summed E-state index contributed by atoms with van der Waals surface area (Å²) in [7, 11) is 0. The van der Waals surface area contributed by atoms with Gasteiger partial charge in [0, 0.05) is 22.3 Å². The molecule has 1 aromatic carbocycles. The van der Waals surface area contributed by atoms with Crippen LogP contribution in [-0.2, 0) is 0 Å². The molecule has 0 atom stereocenters. The lowest BCUT2D eigenvalue weighted by molar-refractivity contribution is 1.27. The third-order valence-corrected chi connectivity index (χ3v) is 2.89. The topological polar surface area (TPSA) is 39.6 Å². The van der Waals surface area contributed by atoms with Crippen LogP contribution < -0.4 is 0 Å². The summed E-state index contributed by atoms with van der Waals surface area (Å²) >= 11 is 11.1. The first-order chi connectivity index (χ1) is 7.74. The fraction of sp³-hybridized carbons (Fsp3) is 0. The largest absolute Gasteiger partial charge is 0.352 e. The monoisotopic (exact) mass is 246 g/mol. The molecule has 16 heavy (non-hydrogen) atoms. The second-order valence-electron chi connectivity index (χ2n) is 3.19. The second-order valence-corrected chi connectivity index (χ2v) is 4.00. The second kappa shape index (κ2) is 4.48. The van der Waals surface area contributed by atoms with Crippen LogP contribution in [0.4, 0.5) is 0 Å². The van der Waals surface area contributed by atoms with Crippen LogP contribution in [0.3, 0.4) is 0 Å². The molecule has 1 N–H and O–H groups in total. The van der Waals surface area contributed by atoms with Crippen molar-refractivity contribution in [2.24, 2.45) is 0 Å². The van der Waals surface area contributed by atoms with Gasteiger partial charge in [-0.1, -0.05) is 42.0 Å². The molecule has 1 aromatic heterocycles. The molecule has 0 fully saturated rings. The third kappa shape index (κ3) is 1.85. The Morgan fingerprint density at radius 2 is 1.94 bits per heavy atom. The first kappa shape index (κ1) is 10.9. The van der Waals surface area contributed by atoms with Crippen molar-refractivity contribution in [3.63, 3.8) is 0 Å². The minimum atomic E-state index is 0.430. The van der Waals surface area contributed by atoms with Crippen molar-refractivity contribution in [2.75, 3.05) is 0 Å². The lowest BCUT2D eigenvalue weighted by Crippen LogP contribution is -1.88. The normalized spacial score (nSPS) is 9.75. The van der Waals surface area contributed by atoms with Gasteiger partial charge in [-0.15, -0.1) is 0 Å². The Labute approximate surface area is 103 Å². The lowest BCUT2D eigenvalue weighted by Gasteiger charge is -2.05. The van der Waals surface area contributed by atoms with Crippen molar-refractivity contribution < 1.29 is 0 Å². The van der Waals surface area contributed by atoms with Gasteiger partial charge in [-0.05, 0) is 12.1 Å². The molecular formula is C12H7ClN2S. The molecule has 0 amide bonds. The number of benzene rings is 1.